The Morgan fingerprint density at radius 3 is 1.32 bits per heavy atom. The van der Waals surface area contributed by atoms with E-state index in [9.17, 15) is 0 Å². The molecule has 0 saturated heterocycles. The van der Waals surface area contributed by atoms with Gasteiger partial charge in [0, 0.05) is 27.8 Å². The van der Waals surface area contributed by atoms with Crippen LogP contribution < -0.4 is 5.32 Å². The zero-order valence-electron chi connectivity index (χ0n) is 36.2. The molecule has 4 heteroatoms. The molecule has 0 radical (unpaired) electrons. The van der Waals surface area contributed by atoms with E-state index in [1.165, 1.54) is 16.7 Å². The van der Waals surface area contributed by atoms with Crippen molar-refractivity contribution in [3.8, 4) is 78.4 Å². The van der Waals surface area contributed by atoms with Crippen LogP contribution >= 0.6 is 0 Å². The molecule has 66 heavy (non-hydrogen) atoms. The van der Waals surface area contributed by atoms with Gasteiger partial charge < -0.3 is 5.32 Å². The molecule has 1 aromatic heterocycles. The zero-order valence-corrected chi connectivity index (χ0v) is 36.2. The van der Waals surface area contributed by atoms with Gasteiger partial charge in [-0.25, -0.2) is 15.0 Å². The van der Waals surface area contributed by atoms with E-state index < -0.39 is 0 Å². The van der Waals surface area contributed by atoms with Crippen LogP contribution in [-0.2, 0) is 0 Å². The Hall–Kier alpha value is -8.73. The summed E-state index contributed by atoms with van der Waals surface area (Å²) in [4.78, 5) is 16.0. The van der Waals surface area contributed by atoms with E-state index in [4.69, 9.17) is 15.0 Å². The van der Waals surface area contributed by atoms with E-state index in [-0.39, 0.29) is 6.04 Å². The van der Waals surface area contributed by atoms with E-state index in [0.29, 0.717) is 5.82 Å². The van der Waals surface area contributed by atoms with Gasteiger partial charge in [0.15, 0.2) is 5.82 Å². The topological polar surface area (TPSA) is 50.2 Å². The molecule has 0 spiro atoms. The standard InChI is InChI=1S/C62H44N4/c1-6-22-43(23-7-1)49-32-16-18-34-51(49)52-35-19-21-37-54(52)59-42-60(66-62(65-59)47-30-14-5-15-31-47)55-39-38-48(40-56(55)44-24-8-2-9-25-44)50-33-17-20-36-53(50)58-41-57(45-26-10-3-11-27-45)63-61(64-58)46-28-12-4-13-29-46/h1-42,57H,(H,63,64). The van der Waals surface area contributed by atoms with Gasteiger partial charge in [0.05, 0.1) is 23.1 Å². The minimum atomic E-state index is -0.0630. The Balaban J connectivity index is 1.08. The maximum atomic E-state index is 5.38. The van der Waals surface area contributed by atoms with Gasteiger partial charge in [-0.05, 0) is 68.3 Å². The van der Waals surface area contributed by atoms with Crippen LogP contribution in [0.5, 0.6) is 0 Å². The number of nitrogens with one attached hydrogen (secondary N) is 1. The van der Waals surface area contributed by atoms with Gasteiger partial charge in [0.1, 0.15) is 5.84 Å². The van der Waals surface area contributed by atoms with Crippen LogP contribution in [0.4, 0.5) is 0 Å². The zero-order chi connectivity index (χ0) is 44.1. The lowest BCUT2D eigenvalue weighted by Crippen LogP contribution is -2.31. The molecule has 0 aliphatic carbocycles. The van der Waals surface area contributed by atoms with Gasteiger partial charge in [-0.1, -0.05) is 237 Å². The molecule has 1 atom stereocenters. The molecular weight excluding hydrogens is 801 g/mol. The van der Waals surface area contributed by atoms with Crippen molar-refractivity contribution in [1.82, 2.24) is 15.3 Å². The van der Waals surface area contributed by atoms with Crippen LogP contribution in [0.1, 0.15) is 22.7 Å². The molecular formula is C62H44N4. The normalized spacial score (nSPS) is 13.3. The number of nitrogens with zero attached hydrogens (tertiary/aromatic N) is 3. The first-order valence-electron chi connectivity index (χ1n) is 22.4. The minimum Gasteiger partial charge on any atom is -0.359 e. The third kappa shape index (κ3) is 8.16. The summed E-state index contributed by atoms with van der Waals surface area (Å²) >= 11 is 0. The Labute approximate surface area is 386 Å². The first-order chi connectivity index (χ1) is 32.7. The molecule has 10 aromatic rings. The highest BCUT2D eigenvalue weighted by Crippen LogP contribution is 2.42. The van der Waals surface area contributed by atoms with Crippen LogP contribution in [0, 0.1) is 0 Å². The van der Waals surface area contributed by atoms with Crippen molar-refractivity contribution in [2.24, 2.45) is 4.99 Å². The summed E-state index contributed by atoms with van der Waals surface area (Å²) in [7, 11) is 0. The second-order valence-corrected chi connectivity index (χ2v) is 16.4. The van der Waals surface area contributed by atoms with E-state index in [2.05, 4.69) is 236 Å². The van der Waals surface area contributed by atoms with Crippen molar-refractivity contribution in [2.45, 2.75) is 6.04 Å². The molecule has 11 rings (SSSR count). The molecule has 0 bridgehead atoms. The fourth-order valence-corrected chi connectivity index (χ4v) is 8.99. The lowest BCUT2D eigenvalue weighted by atomic mass is 9.89. The third-order valence-corrected chi connectivity index (χ3v) is 12.2. The average molecular weight is 845 g/mol. The molecule has 1 aliphatic rings. The van der Waals surface area contributed by atoms with Crippen molar-refractivity contribution < 1.29 is 0 Å². The summed E-state index contributed by atoms with van der Waals surface area (Å²) in [5.41, 5.74) is 17.8. The molecule has 1 N–H and O–H groups in total. The highest BCUT2D eigenvalue weighted by Gasteiger charge is 2.23. The maximum Gasteiger partial charge on any atom is 0.160 e. The van der Waals surface area contributed by atoms with Crippen LogP contribution in [0.2, 0.25) is 0 Å². The molecule has 1 aliphatic heterocycles. The van der Waals surface area contributed by atoms with Crippen molar-refractivity contribution in [2.75, 3.05) is 0 Å². The number of benzene rings is 9. The van der Waals surface area contributed by atoms with Crippen LogP contribution in [0.15, 0.2) is 260 Å². The van der Waals surface area contributed by atoms with Crippen molar-refractivity contribution >= 4 is 11.5 Å². The van der Waals surface area contributed by atoms with E-state index >= 15 is 0 Å². The van der Waals surface area contributed by atoms with Gasteiger partial charge in [0.25, 0.3) is 0 Å². The van der Waals surface area contributed by atoms with E-state index in [1.807, 2.05) is 24.3 Å². The summed E-state index contributed by atoms with van der Waals surface area (Å²) in [5, 5.41) is 3.72. The second-order valence-electron chi connectivity index (χ2n) is 16.4. The highest BCUT2D eigenvalue weighted by molar-refractivity contribution is 6.04. The van der Waals surface area contributed by atoms with Crippen molar-refractivity contribution in [1.29, 1.82) is 0 Å². The maximum absolute atomic E-state index is 5.38. The Morgan fingerprint density at radius 1 is 0.303 bits per heavy atom. The minimum absolute atomic E-state index is 0.0630. The Bertz CT molecular complexity index is 3360. The van der Waals surface area contributed by atoms with Gasteiger partial charge >= 0.3 is 0 Å². The first kappa shape index (κ1) is 40.1. The largest absolute Gasteiger partial charge is 0.359 e. The fraction of sp³-hybridized carbons (Fsp3) is 0.0161. The molecule has 1 unspecified atom stereocenters. The molecule has 4 nitrogen and oxygen atoms in total. The smallest absolute Gasteiger partial charge is 0.160 e. The van der Waals surface area contributed by atoms with Gasteiger partial charge in [-0.3, -0.25) is 0 Å². The SMILES string of the molecule is C1=C(c2ccccc2-c2ccc(-c3cc(-c4ccccc4-c4ccccc4-c4ccccc4)nc(-c4ccccc4)n3)c(-c3ccccc3)c2)N=C(c2ccccc2)NC1c1ccccc1. The second kappa shape index (κ2) is 18.2. The number of amidine groups is 1. The van der Waals surface area contributed by atoms with Crippen molar-refractivity contribution in [3.05, 3.63) is 271 Å². The predicted octanol–water partition coefficient (Wildman–Crippen LogP) is 15.3. The Morgan fingerprint density at radius 2 is 0.727 bits per heavy atom. The summed E-state index contributed by atoms with van der Waals surface area (Å²) in [6.07, 6.45) is 2.25. The van der Waals surface area contributed by atoms with Crippen LogP contribution in [0.25, 0.3) is 84.1 Å². The molecule has 312 valence electrons. The van der Waals surface area contributed by atoms with Gasteiger partial charge in [-0.2, -0.15) is 0 Å². The lowest BCUT2D eigenvalue weighted by Gasteiger charge is -2.25. The summed E-state index contributed by atoms with van der Waals surface area (Å²) in [6.45, 7) is 0. The van der Waals surface area contributed by atoms with E-state index in [0.717, 1.165) is 84.1 Å². The van der Waals surface area contributed by atoms with Crippen molar-refractivity contribution in [3.63, 3.8) is 0 Å². The van der Waals surface area contributed by atoms with Gasteiger partial charge in [-0.15, -0.1) is 0 Å². The number of aliphatic imine (C=N–C) groups is 1. The molecule has 0 fully saturated rings. The number of rotatable bonds is 10. The Kier molecular flexibility index (Phi) is 11.0. The highest BCUT2D eigenvalue weighted by atomic mass is 15.0. The number of hydrogen-bond donors (Lipinski definition) is 1. The molecule has 0 saturated carbocycles. The monoisotopic (exact) mass is 844 g/mol. The predicted molar refractivity (Wildman–Crippen MR) is 273 cm³/mol. The third-order valence-electron chi connectivity index (χ3n) is 12.2. The number of aromatic nitrogens is 2. The van der Waals surface area contributed by atoms with E-state index in [1.54, 1.807) is 0 Å². The molecule has 2 heterocycles. The lowest BCUT2D eigenvalue weighted by molar-refractivity contribution is 0.781. The molecule has 9 aromatic carbocycles. The molecule has 0 amide bonds. The van der Waals surface area contributed by atoms with Crippen LogP contribution in [0.3, 0.4) is 0 Å². The first-order valence-corrected chi connectivity index (χ1v) is 22.4. The van der Waals surface area contributed by atoms with Crippen LogP contribution in [-0.4, -0.2) is 15.8 Å². The van der Waals surface area contributed by atoms with Gasteiger partial charge in [0.2, 0.25) is 0 Å². The number of hydrogen-bond acceptors (Lipinski definition) is 4. The summed E-state index contributed by atoms with van der Waals surface area (Å²) < 4.78 is 0. The summed E-state index contributed by atoms with van der Waals surface area (Å²) in [6, 6.07) is 87.2. The summed E-state index contributed by atoms with van der Waals surface area (Å²) in [5.74, 6) is 1.51. The quantitative estimate of drug-likeness (QED) is 0.149. The average Bonchev–Trinajstić information content (AvgIpc) is 3.41. The fourth-order valence-electron chi connectivity index (χ4n) is 8.99.